The molecule has 0 bridgehead atoms. The maximum absolute atomic E-state index is 15.0. The standard InChI is InChI=1S/C23H19ClF3N5O3/c1-31-9-15(21(27)30-31)14-5-12(25)6-16(26)18(14)19-20(24)32-3-2-11(4-17(32)29-19)22(34)28-13-7-23(35,8-13)10-33/h2-6,9,13,33,35H,7-8,10H2,1H3,(H,28,34). The number of carbonyl (C=O) groups excluding carboxylic acids is 1. The molecule has 1 saturated carbocycles. The van der Waals surface area contributed by atoms with Crippen LogP contribution in [0.1, 0.15) is 23.2 Å². The number of rotatable bonds is 5. The lowest BCUT2D eigenvalue weighted by atomic mass is 9.76. The molecular weight excluding hydrogens is 487 g/mol. The molecule has 8 nitrogen and oxygen atoms in total. The Labute approximate surface area is 201 Å². The van der Waals surface area contributed by atoms with Gasteiger partial charge in [0.05, 0.1) is 17.8 Å². The van der Waals surface area contributed by atoms with Gasteiger partial charge in [-0.15, -0.1) is 5.10 Å². The average Bonchev–Trinajstić information content (AvgIpc) is 3.29. The predicted molar refractivity (Wildman–Crippen MR) is 120 cm³/mol. The summed E-state index contributed by atoms with van der Waals surface area (Å²) in [6.07, 6.45) is 3.22. The highest BCUT2D eigenvalue weighted by Crippen LogP contribution is 2.39. The zero-order chi connectivity index (χ0) is 25.1. The molecule has 0 atom stereocenters. The van der Waals surface area contributed by atoms with E-state index in [2.05, 4.69) is 15.4 Å². The van der Waals surface area contributed by atoms with Gasteiger partial charge >= 0.3 is 0 Å². The molecule has 12 heteroatoms. The van der Waals surface area contributed by atoms with Crippen LogP contribution >= 0.6 is 11.6 Å². The number of halogens is 4. The first-order chi connectivity index (χ1) is 16.6. The van der Waals surface area contributed by atoms with Crippen molar-refractivity contribution in [1.29, 1.82) is 0 Å². The highest BCUT2D eigenvalue weighted by Gasteiger charge is 2.42. The van der Waals surface area contributed by atoms with Gasteiger partial charge in [0.25, 0.3) is 5.91 Å². The van der Waals surface area contributed by atoms with Crippen LogP contribution in [0.25, 0.3) is 28.0 Å². The Hall–Kier alpha value is -3.41. The van der Waals surface area contributed by atoms with Crippen LogP contribution in [0.15, 0.2) is 36.7 Å². The Balaban J connectivity index is 1.54. The lowest BCUT2D eigenvalue weighted by Crippen LogP contribution is -2.56. The van der Waals surface area contributed by atoms with E-state index in [0.717, 1.165) is 6.07 Å². The molecule has 0 saturated heterocycles. The SMILES string of the molecule is Cn1cc(-c2cc(F)cc(F)c2-c2nc3cc(C(=O)NC4CC(O)(CO)C4)ccn3c2Cl)c(F)n1. The molecule has 35 heavy (non-hydrogen) atoms. The van der Waals surface area contributed by atoms with E-state index < -0.39 is 29.1 Å². The molecule has 5 rings (SSSR count). The Morgan fingerprint density at radius 1 is 1.26 bits per heavy atom. The number of fused-ring (bicyclic) bond motifs is 1. The number of imidazole rings is 1. The van der Waals surface area contributed by atoms with Crippen molar-refractivity contribution >= 4 is 23.2 Å². The van der Waals surface area contributed by atoms with Gasteiger partial charge in [-0.2, -0.15) is 4.39 Å². The fraction of sp³-hybridized carbons (Fsp3) is 0.261. The van der Waals surface area contributed by atoms with E-state index in [1.165, 1.54) is 40.7 Å². The van der Waals surface area contributed by atoms with Gasteiger partial charge in [0.15, 0.2) is 0 Å². The van der Waals surface area contributed by atoms with Gasteiger partial charge in [-0.3, -0.25) is 13.9 Å². The number of aromatic nitrogens is 4. The predicted octanol–water partition coefficient (Wildman–Crippen LogP) is 3.09. The summed E-state index contributed by atoms with van der Waals surface area (Å²) < 4.78 is 46.1. The highest BCUT2D eigenvalue weighted by atomic mass is 35.5. The molecule has 1 aliphatic rings. The number of aryl methyl sites for hydroxylation is 1. The maximum atomic E-state index is 15.0. The van der Waals surface area contributed by atoms with Gasteiger partial charge in [-0.1, -0.05) is 11.6 Å². The third-order valence-electron chi connectivity index (χ3n) is 6.08. The summed E-state index contributed by atoms with van der Waals surface area (Å²) in [6.45, 7) is -0.383. The molecule has 1 aliphatic carbocycles. The van der Waals surface area contributed by atoms with Gasteiger partial charge in [-0.25, -0.2) is 13.8 Å². The van der Waals surface area contributed by atoms with Crippen molar-refractivity contribution in [2.45, 2.75) is 24.5 Å². The molecule has 0 spiro atoms. The first kappa shape index (κ1) is 23.3. The van der Waals surface area contributed by atoms with Gasteiger partial charge < -0.3 is 15.5 Å². The van der Waals surface area contributed by atoms with Crippen LogP contribution in [-0.2, 0) is 7.05 Å². The van der Waals surface area contributed by atoms with Crippen molar-refractivity contribution in [2.75, 3.05) is 6.61 Å². The maximum Gasteiger partial charge on any atom is 0.251 e. The second-order valence-electron chi connectivity index (χ2n) is 8.67. The number of aliphatic hydroxyl groups excluding tert-OH is 1. The fourth-order valence-corrected chi connectivity index (χ4v) is 4.62. The molecule has 3 heterocycles. The van der Waals surface area contributed by atoms with Crippen molar-refractivity contribution in [3.8, 4) is 22.4 Å². The molecule has 3 aromatic heterocycles. The Bertz CT molecular complexity index is 1480. The zero-order valence-corrected chi connectivity index (χ0v) is 19.0. The van der Waals surface area contributed by atoms with E-state index in [0.29, 0.717) is 6.07 Å². The minimum atomic E-state index is -1.18. The van der Waals surface area contributed by atoms with Crippen molar-refractivity contribution in [3.05, 3.63) is 65.0 Å². The fourth-order valence-electron chi connectivity index (χ4n) is 4.34. The quantitative estimate of drug-likeness (QED) is 0.387. The lowest BCUT2D eigenvalue weighted by Gasteiger charge is -2.42. The first-order valence-electron chi connectivity index (χ1n) is 10.6. The molecule has 1 aromatic carbocycles. The van der Waals surface area contributed by atoms with Crippen molar-refractivity contribution in [2.24, 2.45) is 7.05 Å². The zero-order valence-electron chi connectivity index (χ0n) is 18.3. The summed E-state index contributed by atoms with van der Waals surface area (Å²) >= 11 is 6.48. The van der Waals surface area contributed by atoms with Crippen molar-refractivity contribution in [1.82, 2.24) is 24.5 Å². The second kappa shape index (κ2) is 8.36. The smallest absolute Gasteiger partial charge is 0.251 e. The summed E-state index contributed by atoms with van der Waals surface area (Å²) in [5.41, 5.74) is -1.25. The van der Waals surface area contributed by atoms with Gasteiger partial charge in [0.2, 0.25) is 5.95 Å². The summed E-state index contributed by atoms with van der Waals surface area (Å²) in [7, 11) is 1.47. The topological polar surface area (TPSA) is 105 Å². The molecule has 0 unspecified atom stereocenters. The van der Waals surface area contributed by atoms with Crippen LogP contribution in [0.4, 0.5) is 13.2 Å². The van der Waals surface area contributed by atoms with Crippen LogP contribution in [-0.4, -0.2) is 53.5 Å². The number of pyridine rings is 1. The Kier molecular flexibility index (Phi) is 5.58. The van der Waals surface area contributed by atoms with E-state index in [4.69, 9.17) is 16.7 Å². The van der Waals surface area contributed by atoms with Crippen LogP contribution in [0.3, 0.4) is 0 Å². The summed E-state index contributed by atoms with van der Waals surface area (Å²) in [4.78, 5) is 17.0. The molecule has 3 N–H and O–H groups in total. The number of benzene rings is 1. The van der Waals surface area contributed by atoms with Crippen LogP contribution in [0, 0.1) is 17.6 Å². The number of amides is 1. The van der Waals surface area contributed by atoms with Crippen molar-refractivity contribution in [3.63, 3.8) is 0 Å². The summed E-state index contributed by atoms with van der Waals surface area (Å²) in [5, 5.41) is 25.4. The van der Waals surface area contributed by atoms with E-state index in [1.54, 1.807) is 0 Å². The van der Waals surface area contributed by atoms with E-state index >= 15 is 4.39 Å². The van der Waals surface area contributed by atoms with Gasteiger partial charge in [0, 0.05) is 48.2 Å². The largest absolute Gasteiger partial charge is 0.393 e. The lowest BCUT2D eigenvalue weighted by molar-refractivity contribution is -0.0897. The minimum absolute atomic E-state index is 0.0185. The molecule has 1 fully saturated rings. The van der Waals surface area contributed by atoms with E-state index in [1.807, 2.05) is 0 Å². The summed E-state index contributed by atoms with van der Waals surface area (Å²) in [5.74, 6) is -3.24. The van der Waals surface area contributed by atoms with E-state index in [9.17, 15) is 18.7 Å². The monoisotopic (exact) mass is 505 g/mol. The highest BCUT2D eigenvalue weighted by molar-refractivity contribution is 6.32. The molecule has 0 aliphatic heterocycles. The Morgan fingerprint density at radius 2 is 2.00 bits per heavy atom. The average molecular weight is 506 g/mol. The molecule has 4 aromatic rings. The van der Waals surface area contributed by atoms with Crippen LogP contribution in [0.5, 0.6) is 0 Å². The third-order valence-corrected chi connectivity index (χ3v) is 6.44. The summed E-state index contributed by atoms with van der Waals surface area (Å²) in [6, 6.07) is 4.26. The van der Waals surface area contributed by atoms with Crippen LogP contribution < -0.4 is 5.32 Å². The number of nitrogens with one attached hydrogen (secondary N) is 1. The molecule has 0 radical (unpaired) electrons. The number of nitrogens with zero attached hydrogens (tertiary/aromatic N) is 4. The van der Waals surface area contributed by atoms with Gasteiger partial charge in [-0.05, 0) is 31.0 Å². The van der Waals surface area contributed by atoms with Crippen molar-refractivity contribution < 1.29 is 28.2 Å². The third kappa shape index (κ3) is 4.05. The second-order valence-corrected chi connectivity index (χ2v) is 9.03. The minimum Gasteiger partial charge on any atom is -0.393 e. The number of hydrogen-bond acceptors (Lipinski definition) is 5. The molecular formula is C23H19ClF3N5O3. The van der Waals surface area contributed by atoms with Gasteiger partial charge in [0.1, 0.15) is 28.1 Å². The number of hydrogen-bond donors (Lipinski definition) is 3. The van der Waals surface area contributed by atoms with E-state index in [-0.39, 0.29) is 64.2 Å². The number of aliphatic hydroxyl groups is 2. The molecule has 182 valence electrons. The number of carbonyl (C=O) groups is 1. The Morgan fingerprint density at radius 3 is 2.66 bits per heavy atom. The molecule has 1 amide bonds. The van der Waals surface area contributed by atoms with Crippen LogP contribution in [0.2, 0.25) is 5.15 Å². The normalized spacial score (nSPS) is 19.7. The first-order valence-corrected chi connectivity index (χ1v) is 11.0.